The number of para-hydroxylation sites is 1. The molecule has 2 N–H and O–H groups in total. The number of rotatable bonds is 6. The van der Waals surface area contributed by atoms with E-state index in [4.69, 9.17) is 31.7 Å². The number of piperazine rings is 1. The Morgan fingerprint density at radius 2 is 1.49 bits per heavy atom. The molecular weight excluding hydrogens is 534 g/mol. The van der Waals surface area contributed by atoms with Gasteiger partial charge in [0.05, 0.1) is 0 Å². The first-order chi connectivity index (χ1) is 20.0. The smallest absolute Gasteiger partial charge is 0.232 e. The number of hydrogen-bond acceptors (Lipinski definition) is 8. The first-order valence-electron chi connectivity index (χ1n) is 14.6. The zero-order valence-corrected chi connectivity index (χ0v) is 24.7. The lowest BCUT2D eigenvalue weighted by Gasteiger charge is -2.38. The second kappa shape index (κ2) is 12.4. The number of piperidine rings is 1. The van der Waals surface area contributed by atoms with Gasteiger partial charge in [0.15, 0.2) is 16.6 Å². The van der Waals surface area contributed by atoms with E-state index in [1.165, 1.54) is 12.1 Å². The number of ether oxygens (including phenoxy) is 2. The lowest BCUT2D eigenvalue weighted by molar-refractivity contribution is 0.171. The van der Waals surface area contributed by atoms with E-state index in [0.29, 0.717) is 42.7 Å². The van der Waals surface area contributed by atoms with E-state index < -0.39 is 0 Å². The van der Waals surface area contributed by atoms with Crippen LogP contribution in [0, 0.1) is 11.8 Å². The average Bonchev–Trinajstić information content (AvgIpc) is 3.00. The van der Waals surface area contributed by atoms with Gasteiger partial charge in [-0.15, -0.1) is 0 Å². The first kappa shape index (κ1) is 27.4. The quantitative estimate of drug-likeness (QED) is 0.411. The van der Waals surface area contributed by atoms with Crippen LogP contribution in [-0.2, 0) is 6.54 Å². The van der Waals surface area contributed by atoms with Gasteiger partial charge in [-0.05, 0) is 60.3 Å². The Hall–Kier alpha value is -3.79. The molecule has 41 heavy (non-hydrogen) atoms. The number of fused-ring (bicyclic) bond motifs is 1. The molecule has 3 aromatic rings. The molecule has 1 aromatic heterocycles. The maximum absolute atomic E-state index is 5.72. The fraction of sp³-hybridized carbons (Fsp3) is 0.452. The van der Waals surface area contributed by atoms with Crippen LogP contribution in [0.4, 0.5) is 23.3 Å². The summed E-state index contributed by atoms with van der Waals surface area (Å²) in [5, 5.41) is 7.05. The third-order valence-corrected chi connectivity index (χ3v) is 8.15. The monoisotopic (exact) mass is 573 g/mol. The third-order valence-electron chi connectivity index (χ3n) is 7.90. The fourth-order valence-corrected chi connectivity index (χ4v) is 6.17. The topological polar surface area (TPSA) is 78.0 Å². The first-order valence-corrected chi connectivity index (χ1v) is 15.0. The van der Waals surface area contributed by atoms with Gasteiger partial charge in [-0.1, -0.05) is 38.1 Å². The second-order valence-corrected chi connectivity index (χ2v) is 11.8. The zero-order valence-electron chi connectivity index (χ0n) is 23.9. The van der Waals surface area contributed by atoms with Gasteiger partial charge in [0, 0.05) is 57.6 Å². The molecule has 0 unspecified atom stereocenters. The number of nitrogens with zero attached hydrogens (tertiary/aromatic N) is 5. The number of benzene rings is 2. The highest BCUT2D eigenvalue weighted by Crippen LogP contribution is 2.31. The summed E-state index contributed by atoms with van der Waals surface area (Å²) < 4.78 is 11.4. The van der Waals surface area contributed by atoms with Crippen LogP contribution in [0.15, 0.2) is 54.6 Å². The summed E-state index contributed by atoms with van der Waals surface area (Å²) >= 11 is 5.67. The van der Waals surface area contributed by atoms with Crippen LogP contribution in [0.3, 0.4) is 0 Å². The molecule has 2 atom stereocenters. The van der Waals surface area contributed by atoms with Gasteiger partial charge in [-0.2, -0.15) is 9.97 Å². The van der Waals surface area contributed by atoms with Crippen molar-refractivity contribution >= 4 is 40.6 Å². The molecule has 0 spiro atoms. The summed E-state index contributed by atoms with van der Waals surface area (Å²) in [5.41, 5.74) is 2.32. The molecule has 9 nitrogen and oxygen atoms in total. The Morgan fingerprint density at radius 1 is 0.829 bits per heavy atom. The molecule has 0 bridgehead atoms. The van der Waals surface area contributed by atoms with E-state index in [1.54, 1.807) is 0 Å². The molecule has 4 heterocycles. The van der Waals surface area contributed by atoms with Gasteiger partial charge < -0.3 is 34.8 Å². The number of hydrogen-bond donors (Lipinski definition) is 2. The SMILES string of the molecule is C[C@@H]1C[C@@H](C)CN(c2cc(N3CCN(c4ccccc4)CC3)nc(NC(=S)NCc3ccc4c(c3)OCCO4)n2)C1. The molecule has 2 aromatic carbocycles. The minimum Gasteiger partial charge on any atom is -0.486 e. The average molecular weight is 574 g/mol. The Kier molecular flexibility index (Phi) is 8.27. The van der Waals surface area contributed by atoms with Crippen LogP contribution in [-0.4, -0.2) is 67.6 Å². The largest absolute Gasteiger partial charge is 0.486 e. The number of nitrogens with one attached hydrogen (secondary N) is 2. The van der Waals surface area contributed by atoms with Crippen molar-refractivity contribution in [3.05, 3.63) is 60.2 Å². The zero-order chi connectivity index (χ0) is 28.2. The highest BCUT2D eigenvalue weighted by atomic mass is 32.1. The van der Waals surface area contributed by atoms with Gasteiger partial charge in [0.1, 0.15) is 24.8 Å². The van der Waals surface area contributed by atoms with E-state index in [9.17, 15) is 0 Å². The predicted molar refractivity (Wildman–Crippen MR) is 169 cm³/mol. The summed E-state index contributed by atoms with van der Waals surface area (Å²) in [7, 11) is 0. The molecule has 2 saturated heterocycles. The summed E-state index contributed by atoms with van der Waals surface area (Å²) in [5.74, 6) is 5.21. The molecule has 6 rings (SSSR count). The van der Waals surface area contributed by atoms with Crippen molar-refractivity contribution < 1.29 is 9.47 Å². The molecule has 216 valence electrons. The van der Waals surface area contributed by atoms with Crippen molar-refractivity contribution in [1.29, 1.82) is 0 Å². The van der Waals surface area contributed by atoms with Crippen molar-refractivity contribution in [2.75, 3.05) is 72.5 Å². The van der Waals surface area contributed by atoms with E-state index >= 15 is 0 Å². The number of aromatic nitrogens is 2. The van der Waals surface area contributed by atoms with E-state index in [2.05, 4.69) is 75.6 Å². The molecule has 3 aliphatic rings. The molecule has 0 amide bonds. The number of anilines is 4. The molecule has 10 heteroatoms. The molecular formula is C31H39N7O2S. The highest BCUT2D eigenvalue weighted by molar-refractivity contribution is 7.80. The Labute approximate surface area is 247 Å². The van der Waals surface area contributed by atoms with Crippen LogP contribution < -0.4 is 34.8 Å². The Morgan fingerprint density at radius 3 is 2.22 bits per heavy atom. The van der Waals surface area contributed by atoms with Crippen LogP contribution in [0.1, 0.15) is 25.8 Å². The normalized spacial score (nSPS) is 20.5. The van der Waals surface area contributed by atoms with Crippen LogP contribution in [0.5, 0.6) is 11.5 Å². The molecule has 2 fully saturated rings. The van der Waals surface area contributed by atoms with Crippen molar-refractivity contribution in [3.63, 3.8) is 0 Å². The van der Waals surface area contributed by atoms with Gasteiger partial charge >= 0.3 is 0 Å². The molecule has 3 aliphatic heterocycles. The maximum Gasteiger partial charge on any atom is 0.232 e. The summed E-state index contributed by atoms with van der Waals surface area (Å²) in [6.07, 6.45) is 1.24. The Bertz CT molecular complexity index is 1340. The van der Waals surface area contributed by atoms with E-state index in [0.717, 1.165) is 68.0 Å². The molecule has 0 saturated carbocycles. The van der Waals surface area contributed by atoms with Crippen molar-refractivity contribution in [2.24, 2.45) is 11.8 Å². The maximum atomic E-state index is 5.72. The minimum atomic E-state index is 0.484. The number of thiocarbonyl (C=S) groups is 1. The van der Waals surface area contributed by atoms with Gasteiger partial charge in [0.2, 0.25) is 5.95 Å². The lowest BCUT2D eigenvalue weighted by atomic mass is 9.92. The van der Waals surface area contributed by atoms with Crippen LogP contribution in [0.2, 0.25) is 0 Å². The fourth-order valence-electron chi connectivity index (χ4n) is 6.01. The molecule has 0 aliphatic carbocycles. The van der Waals surface area contributed by atoms with Crippen LogP contribution >= 0.6 is 12.2 Å². The summed E-state index contributed by atoms with van der Waals surface area (Å²) in [6, 6.07) is 18.7. The Balaban J connectivity index is 1.16. The van der Waals surface area contributed by atoms with Crippen molar-refractivity contribution in [3.8, 4) is 11.5 Å². The van der Waals surface area contributed by atoms with Gasteiger partial charge in [-0.3, -0.25) is 0 Å². The molecule has 0 radical (unpaired) electrons. The van der Waals surface area contributed by atoms with Crippen molar-refractivity contribution in [1.82, 2.24) is 15.3 Å². The summed E-state index contributed by atoms with van der Waals surface area (Å²) in [4.78, 5) is 17.1. The minimum absolute atomic E-state index is 0.484. The van der Waals surface area contributed by atoms with Crippen LogP contribution in [0.25, 0.3) is 0 Å². The highest BCUT2D eigenvalue weighted by Gasteiger charge is 2.26. The lowest BCUT2D eigenvalue weighted by Crippen LogP contribution is -2.47. The second-order valence-electron chi connectivity index (χ2n) is 11.4. The van der Waals surface area contributed by atoms with Crippen molar-refractivity contribution in [2.45, 2.75) is 26.8 Å². The van der Waals surface area contributed by atoms with E-state index in [1.807, 2.05) is 18.2 Å². The summed E-state index contributed by atoms with van der Waals surface area (Å²) in [6.45, 7) is 12.0. The van der Waals surface area contributed by atoms with Gasteiger partial charge in [0.25, 0.3) is 0 Å². The van der Waals surface area contributed by atoms with E-state index in [-0.39, 0.29) is 0 Å². The van der Waals surface area contributed by atoms with Gasteiger partial charge in [-0.25, -0.2) is 0 Å². The standard InChI is InChI=1S/C31H39N7O2S/c1-22-16-23(2)21-38(20-22)29-18-28(37-12-10-36(11-13-37)25-6-4-3-5-7-25)33-30(34-29)35-31(41)32-19-24-8-9-26-27(17-24)40-15-14-39-26/h3-9,17-18,22-23H,10-16,19-21H2,1-2H3,(H2,32,33,34,35,41)/t22-,23-/m1/s1. The third kappa shape index (κ3) is 6.75. The predicted octanol–water partition coefficient (Wildman–Crippen LogP) is 4.54.